The number of benzene rings is 1. The van der Waals surface area contributed by atoms with Crippen molar-refractivity contribution in [1.82, 2.24) is 24.5 Å². The zero-order valence-electron chi connectivity index (χ0n) is 24.4. The normalized spacial score (nSPS) is 23.3. The standard InChI is InChI=1S/C32H33N7O4/c1-20-16-22(36-15-13-32(2,19-36)21-8-5-4-6-9-21)18-38-29(20)34-28(35-38)30(41)37-14-12-24-25(37)17-27(40)39(24)26-11-7-10-23(33-26)31(42)43-3/h4-11,16,18,24-25H,12-15,17,19H2,1-3H3/t24-,25-,32-/m0/s1. The summed E-state index contributed by atoms with van der Waals surface area (Å²) in [4.78, 5) is 53.6. The van der Waals surface area contributed by atoms with Crippen LogP contribution in [0.4, 0.5) is 11.5 Å². The van der Waals surface area contributed by atoms with E-state index in [1.807, 2.05) is 19.2 Å². The lowest BCUT2D eigenvalue weighted by Crippen LogP contribution is -2.40. The summed E-state index contributed by atoms with van der Waals surface area (Å²) in [6.45, 7) is 6.59. The Morgan fingerprint density at radius 1 is 1.02 bits per heavy atom. The quantitative estimate of drug-likeness (QED) is 0.331. The van der Waals surface area contributed by atoms with Crippen LogP contribution in [0.2, 0.25) is 0 Å². The molecule has 0 aliphatic carbocycles. The van der Waals surface area contributed by atoms with Crippen molar-refractivity contribution in [1.29, 1.82) is 0 Å². The second-order valence-electron chi connectivity index (χ2n) is 11.9. The van der Waals surface area contributed by atoms with Crippen molar-refractivity contribution < 1.29 is 19.1 Å². The average Bonchev–Trinajstić information content (AvgIpc) is 3.80. The lowest BCUT2D eigenvalue weighted by atomic mass is 9.82. The molecule has 0 bridgehead atoms. The number of esters is 1. The minimum absolute atomic E-state index is 0.0582. The van der Waals surface area contributed by atoms with Crippen LogP contribution in [0, 0.1) is 6.92 Å². The Hall–Kier alpha value is -4.80. The molecule has 3 saturated heterocycles. The maximum atomic E-state index is 13.8. The third-order valence-electron chi connectivity index (χ3n) is 9.23. The van der Waals surface area contributed by atoms with Gasteiger partial charge in [-0.2, -0.15) is 0 Å². The number of likely N-dealkylation sites (tertiary alicyclic amines) is 1. The van der Waals surface area contributed by atoms with E-state index in [4.69, 9.17) is 4.74 Å². The number of carbonyl (C=O) groups excluding carboxylic acids is 3. The summed E-state index contributed by atoms with van der Waals surface area (Å²) in [5.41, 5.74) is 4.15. The number of carbonyl (C=O) groups is 3. The van der Waals surface area contributed by atoms with E-state index in [-0.39, 0.29) is 47.3 Å². The SMILES string of the molecule is COC(=O)c1cccc(N2C(=O)C[C@H]3[C@@H]2CCN3C(=O)c2nc3c(C)cc(N4CC[C@](C)(c5ccccc5)C4)cn3n2)n1. The first kappa shape index (κ1) is 27.1. The first-order valence-electron chi connectivity index (χ1n) is 14.6. The lowest BCUT2D eigenvalue weighted by molar-refractivity contribution is -0.117. The van der Waals surface area contributed by atoms with Gasteiger partial charge < -0.3 is 14.5 Å². The highest BCUT2D eigenvalue weighted by Gasteiger charge is 2.50. The van der Waals surface area contributed by atoms with Crippen LogP contribution in [0.25, 0.3) is 5.65 Å². The first-order valence-corrected chi connectivity index (χ1v) is 14.6. The Balaban J connectivity index is 1.11. The summed E-state index contributed by atoms with van der Waals surface area (Å²) < 4.78 is 6.49. The fraction of sp³-hybridized carbons (Fsp3) is 0.375. The van der Waals surface area contributed by atoms with Gasteiger partial charge in [-0.1, -0.05) is 43.3 Å². The van der Waals surface area contributed by atoms with Crippen LogP contribution >= 0.6 is 0 Å². The van der Waals surface area contributed by atoms with Crippen molar-refractivity contribution in [3.05, 3.63) is 83.4 Å². The van der Waals surface area contributed by atoms with Crippen molar-refractivity contribution >= 4 is 34.9 Å². The molecule has 3 aliphatic rings. The fourth-order valence-corrected chi connectivity index (χ4v) is 6.95. The van der Waals surface area contributed by atoms with Gasteiger partial charge in [0, 0.05) is 31.5 Å². The largest absolute Gasteiger partial charge is 0.464 e. The summed E-state index contributed by atoms with van der Waals surface area (Å²) in [6, 6.07) is 17.1. The molecular formula is C32H33N7O4. The van der Waals surface area contributed by atoms with Crippen molar-refractivity contribution in [2.75, 3.05) is 36.5 Å². The number of aromatic nitrogens is 4. The molecule has 3 aromatic heterocycles. The maximum absolute atomic E-state index is 13.8. The zero-order chi connectivity index (χ0) is 29.9. The van der Waals surface area contributed by atoms with E-state index in [1.54, 1.807) is 32.5 Å². The lowest BCUT2D eigenvalue weighted by Gasteiger charge is -2.26. The topological polar surface area (TPSA) is 113 Å². The van der Waals surface area contributed by atoms with Gasteiger partial charge in [-0.25, -0.2) is 19.3 Å². The van der Waals surface area contributed by atoms with Gasteiger partial charge in [-0.3, -0.25) is 14.5 Å². The molecule has 3 fully saturated rings. The van der Waals surface area contributed by atoms with Crippen LogP contribution in [0.1, 0.15) is 58.4 Å². The Morgan fingerprint density at radius 2 is 1.84 bits per heavy atom. The molecule has 0 radical (unpaired) electrons. The van der Waals surface area contributed by atoms with E-state index in [1.165, 1.54) is 12.7 Å². The number of rotatable bonds is 5. The van der Waals surface area contributed by atoms with E-state index < -0.39 is 5.97 Å². The molecule has 7 rings (SSSR count). The molecular weight excluding hydrogens is 546 g/mol. The molecule has 1 aromatic carbocycles. The van der Waals surface area contributed by atoms with E-state index in [9.17, 15) is 14.4 Å². The molecule has 6 heterocycles. The van der Waals surface area contributed by atoms with Crippen molar-refractivity contribution in [2.45, 2.75) is 50.6 Å². The minimum Gasteiger partial charge on any atom is -0.464 e. The van der Waals surface area contributed by atoms with Crippen LogP contribution in [0.3, 0.4) is 0 Å². The predicted molar refractivity (Wildman–Crippen MR) is 159 cm³/mol. The summed E-state index contributed by atoms with van der Waals surface area (Å²) in [7, 11) is 1.29. The molecule has 3 aliphatic heterocycles. The van der Waals surface area contributed by atoms with E-state index in [0.29, 0.717) is 24.4 Å². The molecule has 2 amide bonds. The van der Waals surface area contributed by atoms with Crippen LogP contribution in [-0.4, -0.2) is 81.1 Å². The Labute approximate surface area is 249 Å². The van der Waals surface area contributed by atoms with Gasteiger partial charge in [0.2, 0.25) is 11.7 Å². The van der Waals surface area contributed by atoms with Gasteiger partial charge in [-0.15, -0.1) is 5.10 Å². The third-order valence-corrected chi connectivity index (χ3v) is 9.23. The molecule has 220 valence electrons. The summed E-state index contributed by atoms with van der Waals surface area (Å²) in [5.74, 6) is -0.499. The van der Waals surface area contributed by atoms with E-state index >= 15 is 0 Å². The number of pyridine rings is 2. The van der Waals surface area contributed by atoms with Gasteiger partial charge >= 0.3 is 5.97 Å². The third kappa shape index (κ3) is 4.50. The van der Waals surface area contributed by atoms with Gasteiger partial charge in [0.25, 0.3) is 5.91 Å². The molecule has 4 aromatic rings. The van der Waals surface area contributed by atoms with Gasteiger partial charge in [0.1, 0.15) is 5.82 Å². The minimum atomic E-state index is -0.570. The molecule has 11 nitrogen and oxygen atoms in total. The van der Waals surface area contributed by atoms with Gasteiger partial charge in [-0.05, 0) is 49.1 Å². The van der Waals surface area contributed by atoms with Crippen LogP contribution in [0.5, 0.6) is 0 Å². The molecule has 11 heteroatoms. The average molecular weight is 580 g/mol. The van der Waals surface area contributed by atoms with Crippen LogP contribution < -0.4 is 9.80 Å². The fourth-order valence-electron chi connectivity index (χ4n) is 6.95. The molecule has 0 N–H and O–H groups in total. The van der Waals surface area contributed by atoms with Crippen LogP contribution in [-0.2, 0) is 14.9 Å². The molecule has 0 unspecified atom stereocenters. The number of hydrogen-bond acceptors (Lipinski definition) is 8. The van der Waals surface area contributed by atoms with E-state index in [2.05, 4.69) is 57.2 Å². The van der Waals surface area contributed by atoms with E-state index in [0.717, 1.165) is 30.8 Å². The van der Waals surface area contributed by atoms with Crippen molar-refractivity contribution in [3.63, 3.8) is 0 Å². The summed E-state index contributed by atoms with van der Waals surface area (Å²) >= 11 is 0. The second kappa shape index (κ2) is 10.2. The van der Waals surface area contributed by atoms with Gasteiger partial charge in [0.05, 0.1) is 31.1 Å². The Morgan fingerprint density at radius 3 is 2.63 bits per heavy atom. The van der Waals surface area contributed by atoms with Crippen molar-refractivity contribution in [3.8, 4) is 0 Å². The number of anilines is 2. The zero-order valence-corrected chi connectivity index (χ0v) is 24.4. The molecule has 43 heavy (non-hydrogen) atoms. The second-order valence-corrected chi connectivity index (χ2v) is 11.9. The number of aryl methyl sites for hydroxylation is 1. The Bertz CT molecular complexity index is 1760. The maximum Gasteiger partial charge on any atom is 0.356 e. The van der Waals surface area contributed by atoms with Gasteiger partial charge in [0.15, 0.2) is 11.3 Å². The monoisotopic (exact) mass is 579 g/mol. The number of ether oxygens (including phenoxy) is 1. The highest BCUT2D eigenvalue weighted by molar-refractivity contribution is 5.99. The molecule has 0 spiro atoms. The Kier molecular flexibility index (Phi) is 6.41. The predicted octanol–water partition coefficient (Wildman–Crippen LogP) is 3.41. The van der Waals surface area contributed by atoms with Crippen LogP contribution in [0.15, 0.2) is 60.8 Å². The number of fused-ring (bicyclic) bond motifs is 2. The van der Waals surface area contributed by atoms with Crippen molar-refractivity contribution in [2.24, 2.45) is 0 Å². The number of methoxy groups -OCH3 is 1. The number of hydrogen-bond donors (Lipinski definition) is 0. The number of nitrogens with zero attached hydrogens (tertiary/aromatic N) is 7. The molecule has 0 saturated carbocycles. The summed E-state index contributed by atoms with van der Waals surface area (Å²) in [6.07, 6.45) is 3.77. The highest BCUT2D eigenvalue weighted by Crippen LogP contribution is 2.38. The number of amides is 2. The summed E-state index contributed by atoms with van der Waals surface area (Å²) in [5, 5.41) is 4.62. The molecule has 3 atom stereocenters. The smallest absolute Gasteiger partial charge is 0.356 e. The highest BCUT2D eigenvalue weighted by atomic mass is 16.5. The first-order chi connectivity index (χ1) is 20.8.